The summed E-state index contributed by atoms with van der Waals surface area (Å²) in [6, 6.07) is 0. The number of carbonyl (C=O) groups excluding carboxylic acids is 1. The second-order valence-electron chi connectivity index (χ2n) is 3.95. The molecule has 0 atom stereocenters. The van der Waals surface area contributed by atoms with Crippen molar-refractivity contribution in [2.75, 3.05) is 0 Å². The van der Waals surface area contributed by atoms with Crippen LogP contribution >= 0.6 is 0 Å². The van der Waals surface area contributed by atoms with E-state index < -0.39 is 11.6 Å². The van der Waals surface area contributed by atoms with Crippen molar-refractivity contribution in [3.05, 3.63) is 24.3 Å². The Morgan fingerprint density at radius 1 is 1.31 bits per heavy atom. The molecule has 0 unspecified atom stereocenters. The summed E-state index contributed by atoms with van der Waals surface area (Å²) in [5.41, 5.74) is -0.456. The van der Waals surface area contributed by atoms with E-state index in [0.717, 1.165) is 12.8 Å². The highest BCUT2D eigenvalue weighted by Crippen LogP contribution is 2.16. The van der Waals surface area contributed by atoms with Crippen LogP contribution in [0, 0.1) is 0 Å². The van der Waals surface area contributed by atoms with Gasteiger partial charge in [0.25, 0.3) is 0 Å². The van der Waals surface area contributed by atoms with Crippen molar-refractivity contribution < 1.29 is 19.6 Å². The van der Waals surface area contributed by atoms with Gasteiger partial charge in [-0.3, -0.25) is 4.89 Å². The molecular weight excluding hydrogens is 208 g/mol. The lowest BCUT2D eigenvalue weighted by Crippen LogP contribution is -2.24. The summed E-state index contributed by atoms with van der Waals surface area (Å²) < 4.78 is 0. The largest absolute Gasteiger partial charge is 0.369 e. The Bertz CT molecular complexity index is 254. The van der Waals surface area contributed by atoms with Crippen LogP contribution in [-0.2, 0) is 19.6 Å². The first-order valence-electron chi connectivity index (χ1n) is 5.37. The fourth-order valence-corrected chi connectivity index (χ4v) is 1.06. The molecule has 0 aliphatic rings. The van der Waals surface area contributed by atoms with Crippen LogP contribution in [0.25, 0.3) is 0 Å². The molecule has 0 N–H and O–H groups in total. The first-order valence-corrected chi connectivity index (χ1v) is 5.37. The van der Waals surface area contributed by atoms with Gasteiger partial charge in [0, 0.05) is 6.08 Å². The van der Waals surface area contributed by atoms with Gasteiger partial charge in [0.2, 0.25) is 0 Å². The Morgan fingerprint density at radius 3 is 2.56 bits per heavy atom. The summed E-state index contributed by atoms with van der Waals surface area (Å²) in [4.78, 5) is 20.4. The zero-order valence-corrected chi connectivity index (χ0v) is 10.4. The molecule has 16 heavy (non-hydrogen) atoms. The Hall–Kier alpha value is -1.13. The Kier molecular flexibility index (Phi) is 7.50. The minimum atomic E-state index is -0.606. The molecule has 0 aromatic carbocycles. The highest BCUT2D eigenvalue weighted by atomic mass is 17.5. The zero-order valence-electron chi connectivity index (χ0n) is 10.4. The number of rotatable bonds is 7. The summed E-state index contributed by atoms with van der Waals surface area (Å²) in [5, 5.41) is 4.42. The maximum Gasteiger partial charge on any atom is 0.369 e. The molecule has 0 saturated heterocycles. The Morgan fingerprint density at radius 2 is 2.00 bits per heavy atom. The van der Waals surface area contributed by atoms with Crippen molar-refractivity contribution in [1.29, 1.82) is 0 Å². The molecule has 0 bridgehead atoms. The standard InChI is InChI=1S/C12H20O4/c1-5-7-8-9-11(13)14-16-15-12(3,4)10-6-2/h5,7-9H,6,10H2,1-4H3. The van der Waals surface area contributed by atoms with Crippen molar-refractivity contribution in [3.63, 3.8) is 0 Å². The van der Waals surface area contributed by atoms with Crippen molar-refractivity contribution in [2.24, 2.45) is 0 Å². The lowest BCUT2D eigenvalue weighted by atomic mass is 10.0. The predicted octanol–water partition coefficient (Wildman–Crippen LogP) is 3.10. The molecule has 0 aromatic rings. The van der Waals surface area contributed by atoms with E-state index in [1.165, 1.54) is 6.08 Å². The van der Waals surface area contributed by atoms with Gasteiger partial charge in [-0.15, -0.1) is 0 Å². The third kappa shape index (κ3) is 8.20. The first kappa shape index (κ1) is 14.9. The van der Waals surface area contributed by atoms with Gasteiger partial charge in [0.15, 0.2) is 0 Å². The molecule has 92 valence electrons. The van der Waals surface area contributed by atoms with Gasteiger partial charge in [-0.25, -0.2) is 4.79 Å². The molecule has 0 saturated carbocycles. The van der Waals surface area contributed by atoms with E-state index in [2.05, 4.69) is 9.93 Å². The zero-order chi connectivity index (χ0) is 12.4. The van der Waals surface area contributed by atoms with Crippen LogP contribution in [0.1, 0.15) is 40.5 Å². The minimum Gasteiger partial charge on any atom is -0.264 e. The third-order valence-electron chi connectivity index (χ3n) is 1.76. The van der Waals surface area contributed by atoms with Gasteiger partial charge in [-0.2, -0.15) is 4.89 Å². The van der Waals surface area contributed by atoms with Gasteiger partial charge >= 0.3 is 5.97 Å². The summed E-state index contributed by atoms with van der Waals surface area (Å²) >= 11 is 0. The second kappa shape index (κ2) is 8.07. The highest BCUT2D eigenvalue weighted by Gasteiger charge is 2.19. The average Bonchev–Trinajstić information content (AvgIpc) is 2.17. The molecule has 0 spiro atoms. The van der Waals surface area contributed by atoms with E-state index in [-0.39, 0.29) is 0 Å². The van der Waals surface area contributed by atoms with Gasteiger partial charge in [-0.1, -0.05) is 31.6 Å². The number of allylic oxidation sites excluding steroid dienone is 3. The molecule has 0 fully saturated rings. The van der Waals surface area contributed by atoms with Crippen LogP contribution in [0.4, 0.5) is 0 Å². The number of hydrogen-bond donors (Lipinski definition) is 0. The van der Waals surface area contributed by atoms with Crippen LogP contribution in [0.3, 0.4) is 0 Å². The van der Waals surface area contributed by atoms with Crippen LogP contribution in [-0.4, -0.2) is 11.6 Å². The minimum absolute atomic E-state index is 0.456. The summed E-state index contributed by atoms with van der Waals surface area (Å²) in [6.07, 6.45) is 8.10. The summed E-state index contributed by atoms with van der Waals surface area (Å²) in [7, 11) is 0. The monoisotopic (exact) mass is 228 g/mol. The molecule has 0 amide bonds. The maximum atomic E-state index is 11.0. The molecule has 0 aliphatic carbocycles. The lowest BCUT2D eigenvalue weighted by molar-refractivity contribution is -0.515. The second-order valence-corrected chi connectivity index (χ2v) is 3.95. The molecule has 4 nitrogen and oxygen atoms in total. The summed E-state index contributed by atoms with van der Waals surface area (Å²) in [6.45, 7) is 7.61. The van der Waals surface area contributed by atoms with Gasteiger partial charge < -0.3 is 0 Å². The Balaban J connectivity index is 3.77. The lowest BCUT2D eigenvalue weighted by Gasteiger charge is -2.20. The fraction of sp³-hybridized carbons (Fsp3) is 0.583. The molecule has 0 aliphatic heterocycles. The molecular formula is C12H20O4. The van der Waals surface area contributed by atoms with E-state index in [1.807, 2.05) is 27.7 Å². The molecule has 0 rings (SSSR count). The van der Waals surface area contributed by atoms with E-state index in [4.69, 9.17) is 4.89 Å². The molecule has 0 aromatic heterocycles. The van der Waals surface area contributed by atoms with E-state index >= 15 is 0 Å². The van der Waals surface area contributed by atoms with Crippen LogP contribution < -0.4 is 0 Å². The smallest absolute Gasteiger partial charge is 0.264 e. The topological polar surface area (TPSA) is 44.8 Å². The van der Waals surface area contributed by atoms with Crippen molar-refractivity contribution in [2.45, 2.75) is 46.1 Å². The van der Waals surface area contributed by atoms with Gasteiger partial charge in [0.1, 0.15) is 5.60 Å². The van der Waals surface area contributed by atoms with E-state index in [1.54, 1.807) is 18.2 Å². The van der Waals surface area contributed by atoms with E-state index in [0.29, 0.717) is 0 Å². The maximum absolute atomic E-state index is 11.0. The highest BCUT2D eigenvalue weighted by molar-refractivity contribution is 5.81. The van der Waals surface area contributed by atoms with Gasteiger partial charge in [0.05, 0.1) is 0 Å². The molecule has 0 heterocycles. The SMILES string of the molecule is CC=CC=CC(=O)OOOC(C)(C)CCC. The van der Waals surface area contributed by atoms with Crippen molar-refractivity contribution >= 4 is 5.97 Å². The predicted molar refractivity (Wildman–Crippen MR) is 61.2 cm³/mol. The van der Waals surface area contributed by atoms with E-state index in [9.17, 15) is 4.79 Å². The summed E-state index contributed by atoms with van der Waals surface area (Å²) in [5.74, 6) is -0.606. The molecule has 4 heteroatoms. The number of carbonyl (C=O) groups is 1. The first-order chi connectivity index (χ1) is 7.52. The number of hydrogen-bond acceptors (Lipinski definition) is 4. The third-order valence-corrected chi connectivity index (χ3v) is 1.76. The van der Waals surface area contributed by atoms with Crippen LogP contribution in [0.5, 0.6) is 0 Å². The van der Waals surface area contributed by atoms with Gasteiger partial charge in [-0.05, 0) is 32.2 Å². The average molecular weight is 228 g/mol. The van der Waals surface area contributed by atoms with Crippen LogP contribution in [0.2, 0.25) is 0 Å². The van der Waals surface area contributed by atoms with Crippen LogP contribution in [0.15, 0.2) is 24.3 Å². The Labute approximate surface area is 96.7 Å². The quantitative estimate of drug-likeness (QED) is 0.291. The van der Waals surface area contributed by atoms with Crippen molar-refractivity contribution in [3.8, 4) is 0 Å². The normalized spacial score (nSPS) is 12.5. The fourth-order valence-electron chi connectivity index (χ4n) is 1.06. The molecule has 0 radical (unpaired) electrons. The van der Waals surface area contributed by atoms with Crippen molar-refractivity contribution in [1.82, 2.24) is 0 Å².